The van der Waals surface area contributed by atoms with E-state index in [-0.39, 0.29) is 11.3 Å². The van der Waals surface area contributed by atoms with E-state index < -0.39 is 17.7 Å². The first-order valence-electron chi connectivity index (χ1n) is 12.3. The third-order valence-corrected chi connectivity index (χ3v) is 7.54. The van der Waals surface area contributed by atoms with Crippen LogP contribution in [0.3, 0.4) is 0 Å². The zero-order chi connectivity index (χ0) is 26.4. The van der Waals surface area contributed by atoms with E-state index in [1.807, 2.05) is 56.3 Å². The maximum atomic E-state index is 13.5. The highest BCUT2D eigenvalue weighted by Crippen LogP contribution is 2.45. The zero-order valence-electron chi connectivity index (χ0n) is 20.8. The van der Waals surface area contributed by atoms with Gasteiger partial charge >= 0.3 is 5.91 Å². The van der Waals surface area contributed by atoms with E-state index in [0.29, 0.717) is 58.8 Å². The number of aliphatic hydroxyl groups is 1. The predicted molar refractivity (Wildman–Crippen MR) is 144 cm³/mol. The van der Waals surface area contributed by atoms with Crippen LogP contribution in [0.2, 0.25) is 0 Å². The molecule has 1 amide bonds. The van der Waals surface area contributed by atoms with Crippen LogP contribution >= 0.6 is 11.3 Å². The van der Waals surface area contributed by atoms with Crippen LogP contribution in [0.25, 0.3) is 16.0 Å². The number of nitrogens with zero attached hydrogens (tertiary/aromatic N) is 2. The van der Waals surface area contributed by atoms with E-state index in [9.17, 15) is 14.7 Å². The molecular weight excluding hydrogens is 504 g/mol. The lowest BCUT2D eigenvalue weighted by Gasteiger charge is -2.23. The molecule has 0 saturated carbocycles. The molecule has 1 N–H and O–H groups in total. The lowest BCUT2D eigenvalue weighted by atomic mass is 9.94. The van der Waals surface area contributed by atoms with Crippen LogP contribution in [0.1, 0.15) is 29.7 Å². The molecule has 38 heavy (non-hydrogen) atoms. The number of thiazole rings is 1. The van der Waals surface area contributed by atoms with Gasteiger partial charge in [-0.05, 0) is 55.8 Å². The van der Waals surface area contributed by atoms with Crippen LogP contribution in [0.4, 0.5) is 5.13 Å². The summed E-state index contributed by atoms with van der Waals surface area (Å²) in [6.07, 6.45) is 0. The third kappa shape index (κ3) is 4.05. The molecule has 0 radical (unpaired) electrons. The Morgan fingerprint density at radius 3 is 2.58 bits per heavy atom. The van der Waals surface area contributed by atoms with Gasteiger partial charge in [0.15, 0.2) is 16.6 Å². The van der Waals surface area contributed by atoms with Gasteiger partial charge in [0.25, 0.3) is 5.78 Å². The topological polar surface area (TPSA) is 98.2 Å². The maximum absolute atomic E-state index is 13.5. The van der Waals surface area contributed by atoms with Gasteiger partial charge in [-0.15, -0.1) is 0 Å². The monoisotopic (exact) mass is 528 g/mol. The first-order chi connectivity index (χ1) is 18.4. The number of hydrogen-bond acceptors (Lipinski definition) is 8. The number of ether oxygens (including phenoxy) is 3. The van der Waals surface area contributed by atoms with Gasteiger partial charge in [0, 0.05) is 5.56 Å². The van der Waals surface area contributed by atoms with Gasteiger partial charge in [-0.25, -0.2) is 4.98 Å². The van der Waals surface area contributed by atoms with Gasteiger partial charge in [-0.2, -0.15) is 0 Å². The third-order valence-electron chi connectivity index (χ3n) is 6.52. The number of rotatable bonds is 5. The number of benzene rings is 3. The molecule has 0 bridgehead atoms. The van der Waals surface area contributed by atoms with Crippen LogP contribution < -0.4 is 19.1 Å². The molecule has 6 rings (SSSR count). The average molecular weight is 529 g/mol. The van der Waals surface area contributed by atoms with Crippen molar-refractivity contribution in [3.8, 4) is 17.2 Å². The Kier molecular flexibility index (Phi) is 6.00. The fourth-order valence-electron chi connectivity index (χ4n) is 4.69. The van der Waals surface area contributed by atoms with Gasteiger partial charge in [-0.1, -0.05) is 41.2 Å². The van der Waals surface area contributed by atoms with Crippen LogP contribution in [0.5, 0.6) is 17.2 Å². The fourth-order valence-corrected chi connectivity index (χ4v) is 5.71. The molecule has 2 aliphatic rings. The van der Waals surface area contributed by atoms with E-state index in [0.717, 1.165) is 10.3 Å². The number of anilines is 1. The van der Waals surface area contributed by atoms with E-state index in [1.54, 1.807) is 18.2 Å². The van der Waals surface area contributed by atoms with E-state index >= 15 is 0 Å². The molecule has 1 saturated heterocycles. The summed E-state index contributed by atoms with van der Waals surface area (Å²) in [5.74, 6) is -0.0861. The van der Waals surface area contributed by atoms with Gasteiger partial charge in [-0.3, -0.25) is 14.5 Å². The second kappa shape index (κ2) is 9.50. The minimum atomic E-state index is -0.865. The number of hydrogen-bond donors (Lipinski definition) is 1. The molecule has 3 aromatic carbocycles. The molecule has 9 heteroatoms. The number of aliphatic hydroxyl groups excluding tert-OH is 1. The van der Waals surface area contributed by atoms with E-state index in [1.165, 1.54) is 16.2 Å². The standard InChI is InChI=1S/C29H24N2O6S/c1-3-35-19-9-10-20-23(15-19)38-29(30-20)31-25(17-6-4-16(2)5-7-17)24(27(33)28(31)34)26(32)18-8-11-21-22(14-18)37-13-12-36-21/h4-11,14-15,25,32H,3,12-13H2,1-2H3. The minimum absolute atomic E-state index is 0.00945. The SMILES string of the molecule is CCOc1ccc2nc(N3C(=O)C(=O)C(=C(O)c4ccc5c(c4)OCCO5)C3c3ccc(C)cc3)sc2c1. The van der Waals surface area contributed by atoms with Crippen molar-refractivity contribution >= 4 is 44.1 Å². The number of carbonyl (C=O) groups is 2. The summed E-state index contributed by atoms with van der Waals surface area (Å²) < 4.78 is 17.7. The Hall–Kier alpha value is -4.37. The van der Waals surface area contributed by atoms with Crippen LogP contribution in [0, 0.1) is 6.92 Å². The Morgan fingerprint density at radius 1 is 1.05 bits per heavy atom. The van der Waals surface area contributed by atoms with E-state index in [4.69, 9.17) is 14.2 Å². The quantitative estimate of drug-likeness (QED) is 0.210. The molecule has 1 aromatic heterocycles. The first kappa shape index (κ1) is 24.0. The van der Waals surface area contributed by atoms with Crippen LogP contribution in [0.15, 0.2) is 66.2 Å². The minimum Gasteiger partial charge on any atom is -0.507 e. The second-order valence-corrected chi connectivity index (χ2v) is 10.0. The zero-order valence-corrected chi connectivity index (χ0v) is 21.6. The maximum Gasteiger partial charge on any atom is 0.301 e. The highest BCUT2D eigenvalue weighted by atomic mass is 32.1. The number of ketones is 1. The molecule has 2 aliphatic heterocycles. The Balaban J connectivity index is 1.51. The van der Waals surface area contributed by atoms with Gasteiger partial charge in [0.2, 0.25) is 0 Å². The van der Waals surface area contributed by atoms with Gasteiger partial charge in [0.1, 0.15) is 24.7 Å². The Labute approximate surface area is 222 Å². The van der Waals surface area contributed by atoms with Crippen molar-refractivity contribution in [2.45, 2.75) is 19.9 Å². The molecule has 8 nitrogen and oxygen atoms in total. The molecule has 1 atom stereocenters. The number of carbonyl (C=O) groups excluding carboxylic acids is 2. The number of aromatic nitrogens is 1. The lowest BCUT2D eigenvalue weighted by Crippen LogP contribution is -2.29. The Bertz CT molecular complexity index is 1610. The first-order valence-corrected chi connectivity index (χ1v) is 13.1. The number of aryl methyl sites for hydroxylation is 1. The summed E-state index contributed by atoms with van der Waals surface area (Å²) in [6.45, 7) is 5.21. The number of fused-ring (bicyclic) bond motifs is 2. The van der Waals surface area contributed by atoms with Crippen molar-refractivity contribution in [2.24, 2.45) is 0 Å². The molecule has 192 valence electrons. The fraction of sp³-hybridized carbons (Fsp3) is 0.207. The second-order valence-electron chi connectivity index (χ2n) is 9.00. The highest BCUT2D eigenvalue weighted by Gasteiger charge is 2.48. The number of Topliss-reactive ketones (excluding diaryl/α,β-unsaturated/α-hetero) is 1. The van der Waals surface area contributed by atoms with Gasteiger partial charge in [0.05, 0.1) is 28.4 Å². The predicted octanol–water partition coefficient (Wildman–Crippen LogP) is 5.40. The molecular formula is C29H24N2O6S. The number of amides is 1. The van der Waals surface area contributed by atoms with Gasteiger partial charge < -0.3 is 19.3 Å². The normalized spacial score (nSPS) is 18.3. The summed E-state index contributed by atoms with van der Waals surface area (Å²) in [6, 6.07) is 17.1. The molecule has 1 unspecified atom stereocenters. The Morgan fingerprint density at radius 2 is 1.82 bits per heavy atom. The lowest BCUT2D eigenvalue weighted by molar-refractivity contribution is -0.132. The van der Waals surface area contributed by atoms with Crippen molar-refractivity contribution in [1.29, 1.82) is 0 Å². The molecule has 1 fully saturated rings. The summed E-state index contributed by atoms with van der Waals surface area (Å²) in [5.41, 5.74) is 2.74. The van der Waals surface area contributed by atoms with Crippen LogP contribution in [-0.4, -0.2) is 41.6 Å². The largest absolute Gasteiger partial charge is 0.507 e. The molecule has 4 aromatic rings. The van der Waals surface area contributed by atoms with Crippen molar-refractivity contribution in [3.63, 3.8) is 0 Å². The van der Waals surface area contributed by atoms with E-state index in [2.05, 4.69) is 4.98 Å². The van der Waals surface area contributed by atoms with Crippen molar-refractivity contribution in [1.82, 2.24) is 4.98 Å². The summed E-state index contributed by atoms with van der Waals surface area (Å²) in [4.78, 5) is 33.0. The summed E-state index contributed by atoms with van der Waals surface area (Å²) in [7, 11) is 0. The molecule has 0 aliphatic carbocycles. The molecule has 0 spiro atoms. The summed E-state index contributed by atoms with van der Waals surface area (Å²) >= 11 is 1.29. The van der Waals surface area contributed by atoms with Crippen LogP contribution in [-0.2, 0) is 9.59 Å². The van der Waals surface area contributed by atoms with Crippen molar-refractivity contribution < 1.29 is 28.9 Å². The van der Waals surface area contributed by atoms with Crippen molar-refractivity contribution in [2.75, 3.05) is 24.7 Å². The summed E-state index contributed by atoms with van der Waals surface area (Å²) in [5, 5.41) is 11.8. The smallest absolute Gasteiger partial charge is 0.301 e. The highest BCUT2D eigenvalue weighted by molar-refractivity contribution is 7.22. The van der Waals surface area contributed by atoms with Crippen molar-refractivity contribution in [3.05, 3.63) is 82.9 Å². The molecule has 3 heterocycles. The average Bonchev–Trinajstić information content (AvgIpc) is 3.46.